The largest absolute Gasteiger partial charge is 0.404 e. The van der Waals surface area contributed by atoms with Crippen LogP contribution in [0, 0.1) is 19.3 Å². The van der Waals surface area contributed by atoms with Crippen molar-refractivity contribution in [1.29, 1.82) is 5.41 Å². The van der Waals surface area contributed by atoms with Gasteiger partial charge in [-0.25, -0.2) is 0 Å². The Morgan fingerprint density at radius 2 is 1.76 bits per heavy atom. The van der Waals surface area contributed by atoms with E-state index in [1.165, 1.54) is 29.8 Å². The number of allylic oxidation sites excluding steroid dienone is 5. The van der Waals surface area contributed by atoms with E-state index in [1.807, 2.05) is 26.8 Å². The fraction of sp³-hybridized carbons (Fsp3) is 0.500. The first-order valence-electron chi connectivity index (χ1n) is 12.3. The molecule has 0 unspecified atom stereocenters. The standard InChI is InChI=1S/C26H34F3N3.C2H6/c1-4-5-8-21(20(15-30)17-32-14-13-26(27,28)29)22-9-6-7-10-23(22)25-19(3)12-11-18(2)24(25)16-31;1-2/h8,11-12,15-17,31H,4-7,9-10,13-14,30H2,1-3H3;1-2H3/b20-15+,21-8+,31-16?,32-17?;. The van der Waals surface area contributed by atoms with Crippen molar-refractivity contribution in [3.63, 3.8) is 0 Å². The molecule has 0 spiro atoms. The van der Waals surface area contributed by atoms with Gasteiger partial charge in [0.2, 0.25) is 0 Å². The van der Waals surface area contributed by atoms with Crippen LogP contribution in [0.1, 0.15) is 88.0 Å². The van der Waals surface area contributed by atoms with Crippen molar-refractivity contribution in [2.75, 3.05) is 6.54 Å². The quantitative estimate of drug-likeness (QED) is 0.274. The zero-order chi connectivity index (χ0) is 25.7. The minimum atomic E-state index is -4.23. The molecule has 0 aliphatic heterocycles. The number of aliphatic imine (C=N–C) groups is 1. The predicted octanol–water partition coefficient (Wildman–Crippen LogP) is 8.25. The molecule has 0 heterocycles. The Morgan fingerprint density at radius 3 is 2.35 bits per heavy atom. The normalized spacial score (nSPS) is 15.4. The average molecular weight is 476 g/mol. The van der Waals surface area contributed by atoms with Crippen LogP contribution in [-0.4, -0.2) is 25.2 Å². The number of halogens is 3. The molecule has 0 radical (unpaired) electrons. The van der Waals surface area contributed by atoms with Crippen LogP contribution < -0.4 is 5.73 Å². The Hall–Kier alpha value is -2.63. The highest BCUT2D eigenvalue weighted by Crippen LogP contribution is 2.41. The van der Waals surface area contributed by atoms with Gasteiger partial charge in [0.15, 0.2) is 0 Å². The van der Waals surface area contributed by atoms with Gasteiger partial charge in [0.05, 0.1) is 6.42 Å². The minimum absolute atomic E-state index is 0.317. The lowest BCUT2D eigenvalue weighted by Crippen LogP contribution is -2.10. The number of hydrogen-bond donors (Lipinski definition) is 2. The highest BCUT2D eigenvalue weighted by molar-refractivity contribution is 5.94. The molecule has 34 heavy (non-hydrogen) atoms. The van der Waals surface area contributed by atoms with Gasteiger partial charge >= 0.3 is 6.18 Å². The van der Waals surface area contributed by atoms with E-state index in [9.17, 15) is 13.2 Å². The molecule has 6 heteroatoms. The predicted molar refractivity (Wildman–Crippen MR) is 140 cm³/mol. The molecule has 2 rings (SSSR count). The third-order valence-electron chi connectivity index (χ3n) is 5.79. The summed E-state index contributed by atoms with van der Waals surface area (Å²) in [6.45, 7) is 9.85. The van der Waals surface area contributed by atoms with Crippen molar-refractivity contribution in [2.45, 2.75) is 85.7 Å². The molecule has 0 saturated carbocycles. The molecule has 0 aromatic heterocycles. The number of nitrogens with one attached hydrogen (secondary N) is 1. The van der Waals surface area contributed by atoms with Crippen LogP contribution in [-0.2, 0) is 0 Å². The van der Waals surface area contributed by atoms with E-state index < -0.39 is 12.6 Å². The van der Waals surface area contributed by atoms with E-state index in [0.29, 0.717) is 5.57 Å². The van der Waals surface area contributed by atoms with Gasteiger partial charge in [0, 0.05) is 36.3 Å². The number of nitrogens with zero attached hydrogens (tertiary/aromatic N) is 1. The maximum absolute atomic E-state index is 12.5. The number of benzene rings is 1. The molecule has 1 aromatic rings. The molecular formula is C28H40F3N3. The first-order chi connectivity index (χ1) is 16.2. The summed E-state index contributed by atoms with van der Waals surface area (Å²) >= 11 is 0. The summed E-state index contributed by atoms with van der Waals surface area (Å²) < 4.78 is 37.5. The van der Waals surface area contributed by atoms with Crippen LogP contribution in [0.15, 0.2) is 46.1 Å². The highest BCUT2D eigenvalue weighted by atomic mass is 19.4. The molecule has 3 N–H and O–H groups in total. The lowest BCUT2D eigenvalue weighted by molar-refractivity contribution is -0.132. The van der Waals surface area contributed by atoms with Crippen LogP contribution in [0.3, 0.4) is 0 Å². The van der Waals surface area contributed by atoms with Gasteiger partial charge in [-0.15, -0.1) is 0 Å². The Kier molecular flexibility index (Phi) is 12.6. The summed E-state index contributed by atoms with van der Waals surface area (Å²) in [7, 11) is 0. The summed E-state index contributed by atoms with van der Waals surface area (Å²) in [4.78, 5) is 4.02. The number of rotatable bonds is 9. The second-order valence-corrected chi connectivity index (χ2v) is 8.23. The van der Waals surface area contributed by atoms with Crippen molar-refractivity contribution in [3.05, 3.63) is 63.4 Å². The molecule has 0 bridgehead atoms. The maximum Gasteiger partial charge on any atom is 0.390 e. The molecule has 0 fully saturated rings. The summed E-state index contributed by atoms with van der Waals surface area (Å²) in [5.41, 5.74) is 14.1. The van der Waals surface area contributed by atoms with Crippen molar-refractivity contribution in [1.82, 2.24) is 0 Å². The molecule has 188 valence electrons. The van der Waals surface area contributed by atoms with Gasteiger partial charge in [-0.1, -0.05) is 45.4 Å². The van der Waals surface area contributed by atoms with Crippen LogP contribution in [0.4, 0.5) is 13.2 Å². The minimum Gasteiger partial charge on any atom is -0.404 e. The van der Waals surface area contributed by atoms with E-state index in [4.69, 9.17) is 11.1 Å². The van der Waals surface area contributed by atoms with Gasteiger partial charge in [0.25, 0.3) is 0 Å². The first kappa shape index (κ1) is 29.4. The Labute approximate surface area is 203 Å². The number of aryl methyl sites for hydroxylation is 2. The van der Waals surface area contributed by atoms with Crippen LogP contribution >= 0.6 is 0 Å². The van der Waals surface area contributed by atoms with Crippen molar-refractivity contribution in [2.24, 2.45) is 10.7 Å². The van der Waals surface area contributed by atoms with Crippen LogP contribution in [0.25, 0.3) is 5.57 Å². The summed E-state index contributed by atoms with van der Waals surface area (Å²) in [5, 5.41) is 8.00. The van der Waals surface area contributed by atoms with E-state index in [-0.39, 0.29) is 6.54 Å². The lowest BCUT2D eigenvalue weighted by Gasteiger charge is -2.26. The van der Waals surface area contributed by atoms with Crippen molar-refractivity contribution >= 4 is 18.0 Å². The van der Waals surface area contributed by atoms with Crippen LogP contribution in [0.2, 0.25) is 0 Å². The van der Waals surface area contributed by atoms with Crippen LogP contribution in [0.5, 0.6) is 0 Å². The zero-order valence-corrected chi connectivity index (χ0v) is 21.3. The lowest BCUT2D eigenvalue weighted by atomic mass is 9.78. The van der Waals surface area contributed by atoms with Gasteiger partial charge in [-0.3, -0.25) is 4.99 Å². The second-order valence-electron chi connectivity index (χ2n) is 8.23. The van der Waals surface area contributed by atoms with Gasteiger partial charge in [-0.05, 0) is 79.4 Å². The summed E-state index contributed by atoms with van der Waals surface area (Å²) in [5.74, 6) is 0. The Balaban J connectivity index is 0.00000281. The molecule has 1 aliphatic rings. The Morgan fingerprint density at radius 1 is 1.12 bits per heavy atom. The number of unbranched alkanes of at least 4 members (excludes halogenated alkanes) is 1. The number of alkyl halides is 3. The highest BCUT2D eigenvalue weighted by Gasteiger charge is 2.26. The molecule has 0 amide bonds. The first-order valence-corrected chi connectivity index (χ1v) is 12.3. The number of hydrogen-bond acceptors (Lipinski definition) is 3. The molecular weight excluding hydrogens is 435 g/mol. The second kappa shape index (κ2) is 14.6. The number of nitrogens with two attached hydrogens (primary N) is 1. The molecule has 1 aliphatic carbocycles. The third-order valence-corrected chi connectivity index (χ3v) is 5.79. The SMILES string of the molecule is CC.CCC/C=C(C1=C(c2c(C)ccc(C)c2C=N)CCCC1)\C(C=NCCC(F)(F)F)=C\N. The third kappa shape index (κ3) is 8.30. The monoisotopic (exact) mass is 475 g/mol. The topological polar surface area (TPSA) is 62.2 Å². The van der Waals surface area contributed by atoms with E-state index in [0.717, 1.165) is 66.4 Å². The van der Waals surface area contributed by atoms with Gasteiger partial charge < -0.3 is 11.1 Å². The van der Waals surface area contributed by atoms with Crippen molar-refractivity contribution < 1.29 is 13.2 Å². The summed E-state index contributed by atoms with van der Waals surface area (Å²) in [6, 6.07) is 4.12. The van der Waals surface area contributed by atoms with E-state index in [2.05, 4.69) is 31.0 Å². The smallest absolute Gasteiger partial charge is 0.390 e. The molecule has 3 nitrogen and oxygen atoms in total. The van der Waals surface area contributed by atoms with Gasteiger partial charge in [0.1, 0.15) is 0 Å². The molecule has 1 aromatic carbocycles. The maximum atomic E-state index is 12.5. The van der Waals surface area contributed by atoms with E-state index >= 15 is 0 Å². The van der Waals surface area contributed by atoms with Crippen molar-refractivity contribution in [3.8, 4) is 0 Å². The average Bonchev–Trinajstić information content (AvgIpc) is 2.82. The fourth-order valence-electron chi connectivity index (χ4n) is 4.16. The summed E-state index contributed by atoms with van der Waals surface area (Å²) in [6.07, 6.45) is 6.94. The van der Waals surface area contributed by atoms with E-state index in [1.54, 1.807) is 0 Å². The molecule has 0 atom stereocenters. The fourth-order valence-corrected chi connectivity index (χ4v) is 4.16. The zero-order valence-electron chi connectivity index (χ0n) is 21.3. The molecule has 0 saturated heterocycles. The van der Waals surface area contributed by atoms with Gasteiger partial charge in [-0.2, -0.15) is 13.2 Å². The Bertz CT molecular complexity index is 935.